The highest BCUT2D eigenvalue weighted by Gasteiger charge is 2.43. The molecule has 0 aromatic heterocycles. The highest BCUT2D eigenvalue weighted by atomic mass is 79.9. The molecule has 1 aliphatic heterocycles. The normalized spacial score (nSPS) is 17.5. The second kappa shape index (κ2) is 4.56. The predicted octanol–water partition coefficient (Wildman–Crippen LogP) is 4.04. The molecule has 1 nitrogen and oxygen atoms in total. The second-order valence-electron chi connectivity index (χ2n) is 5.22. The monoisotopic (exact) mass is 294 g/mol. The van der Waals surface area contributed by atoms with E-state index in [-0.39, 0.29) is 5.41 Å². The van der Waals surface area contributed by atoms with Crippen molar-refractivity contribution in [2.45, 2.75) is 39.5 Å². The number of rotatable bonds is 3. The molecule has 0 atom stereocenters. The Kier molecular flexibility index (Phi) is 3.44. The van der Waals surface area contributed by atoms with Crippen LogP contribution in [0.5, 0.6) is 0 Å². The van der Waals surface area contributed by atoms with Gasteiger partial charge in [0.25, 0.3) is 0 Å². The number of aryl methyl sites for hydroxylation is 1. The van der Waals surface area contributed by atoms with E-state index in [1.807, 2.05) is 0 Å². The maximum Gasteiger partial charge on any atom is 0.209 e. The first kappa shape index (κ1) is 12.8. The number of fused-ring (bicyclic) bond motifs is 1. The van der Waals surface area contributed by atoms with Gasteiger partial charge in [0.05, 0.1) is 10.7 Å². The molecule has 0 N–H and O–H groups in total. The van der Waals surface area contributed by atoms with Crippen LogP contribution in [0.1, 0.15) is 38.8 Å². The van der Waals surface area contributed by atoms with E-state index in [0.717, 1.165) is 18.3 Å². The average molecular weight is 295 g/mol. The Bertz CT molecular complexity index is 472. The fraction of sp³-hybridized carbons (Fsp3) is 0.533. The number of nitrogens with zero attached hydrogens (tertiary/aromatic N) is 1. The standard InChI is InChI=1S/C15H21BrN/c1-5-12-7-6-8-13-14(12)15(3,4)11(2)17(13)10-9-16/h6-8H,5,9-10H2,1-4H3/q+1. The SMILES string of the molecule is CCc1cccc2c1C(C)(C)C(C)=[N+]2CCBr. The van der Waals surface area contributed by atoms with E-state index in [9.17, 15) is 0 Å². The lowest BCUT2D eigenvalue weighted by molar-refractivity contribution is -0.432. The van der Waals surface area contributed by atoms with Gasteiger partial charge in [0.1, 0.15) is 0 Å². The van der Waals surface area contributed by atoms with Gasteiger partial charge < -0.3 is 0 Å². The van der Waals surface area contributed by atoms with E-state index in [4.69, 9.17) is 0 Å². The lowest BCUT2D eigenvalue weighted by atomic mass is 9.79. The van der Waals surface area contributed by atoms with E-state index in [1.165, 1.54) is 22.5 Å². The maximum absolute atomic E-state index is 3.56. The van der Waals surface area contributed by atoms with E-state index >= 15 is 0 Å². The van der Waals surface area contributed by atoms with Crippen LogP contribution in [0, 0.1) is 0 Å². The van der Waals surface area contributed by atoms with Gasteiger partial charge in [0.2, 0.25) is 5.69 Å². The molecule has 1 aromatic carbocycles. The summed E-state index contributed by atoms with van der Waals surface area (Å²) >= 11 is 3.56. The maximum atomic E-state index is 3.56. The minimum atomic E-state index is 0.171. The molecule has 0 unspecified atom stereocenters. The van der Waals surface area contributed by atoms with Crippen molar-refractivity contribution in [2.75, 3.05) is 11.9 Å². The van der Waals surface area contributed by atoms with Crippen LogP contribution in [0.15, 0.2) is 18.2 Å². The largest absolute Gasteiger partial charge is 0.209 e. The van der Waals surface area contributed by atoms with Crippen LogP contribution in [0.25, 0.3) is 0 Å². The average Bonchev–Trinajstić information content (AvgIpc) is 2.51. The Morgan fingerprint density at radius 1 is 1.29 bits per heavy atom. The number of halogens is 1. The number of hydrogen-bond donors (Lipinski definition) is 0. The van der Waals surface area contributed by atoms with Crippen LogP contribution in [0.2, 0.25) is 0 Å². The molecule has 0 saturated heterocycles. The van der Waals surface area contributed by atoms with Crippen molar-refractivity contribution in [1.82, 2.24) is 0 Å². The Labute approximate surface area is 113 Å². The van der Waals surface area contributed by atoms with Gasteiger partial charge in [-0.15, -0.1) is 0 Å². The van der Waals surface area contributed by atoms with Crippen molar-refractivity contribution >= 4 is 27.3 Å². The molecule has 0 saturated carbocycles. The van der Waals surface area contributed by atoms with Crippen LogP contribution in [0.4, 0.5) is 5.69 Å². The molecule has 0 radical (unpaired) electrons. The molecule has 92 valence electrons. The third-order valence-electron chi connectivity index (χ3n) is 4.04. The van der Waals surface area contributed by atoms with Crippen molar-refractivity contribution < 1.29 is 4.58 Å². The zero-order chi connectivity index (χ0) is 12.6. The lowest BCUT2D eigenvalue weighted by Crippen LogP contribution is -2.27. The topological polar surface area (TPSA) is 3.01 Å². The first-order chi connectivity index (χ1) is 8.04. The van der Waals surface area contributed by atoms with Gasteiger partial charge in [0.15, 0.2) is 12.3 Å². The van der Waals surface area contributed by atoms with E-state index in [1.54, 1.807) is 0 Å². The minimum Gasteiger partial charge on any atom is -0.198 e. The lowest BCUT2D eigenvalue weighted by Gasteiger charge is -2.18. The van der Waals surface area contributed by atoms with Gasteiger partial charge in [-0.1, -0.05) is 35.0 Å². The molecular weight excluding hydrogens is 274 g/mol. The van der Waals surface area contributed by atoms with Crippen molar-refractivity contribution in [3.63, 3.8) is 0 Å². The zero-order valence-electron chi connectivity index (χ0n) is 11.2. The fourth-order valence-corrected chi connectivity index (χ4v) is 3.25. The molecule has 0 bridgehead atoms. The number of alkyl halides is 1. The molecule has 2 heteroatoms. The molecule has 17 heavy (non-hydrogen) atoms. The van der Waals surface area contributed by atoms with Gasteiger partial charge in [-0.2, -0.15) is 4.58 Å². The van der Waals surface area contributed by atoms with Crippen LogP contribution in [0.3, 0.4) is 0 Å². The Morgan fingerprint density at radius 3 is 2.59 bits per heavy atom. The molecule has 0 amide bonds. The van der Waals surface area contributed by atoms with Crippen LogP contribution < -0.4 is 0 Å². The van der Waals surface area contributed by atoms with Crippen LogP contribution in [-0.2, 0) is 11.8 Å². The summed E-state index contributed by atoms with van der Waals surface area (Å²) in [7, 11) is 0. The summed E-state index contributed by atoms with van der Waals surface area (Å²) in [6, 6.07) is 6.72. The van der Waals surface area contributed by atoms with Crippen molar-refractivity contribution in [1.29, 1.82) is 0 Å². The van der Waals surface area contributed by atoms with Gasteiger partial charge >= 0.3 is 0 Å². The molecule has 1 heterocycles. The van der Waals surface area contributed by atoms with E-state index < -0.39 is 0 Å². The number of benzene rings is 1. The molecule has 0 spiro atoms. The highest BCUT2D eigenvalue weighted by Crippen LogP contribution is 2.41. The summed E-state index contributed by atoms with van der Waals surface area (Å²) in [5.41, 5.74) is 6.06. The third-order valence-corrected chi connectivity index (χ3v) is 4.40. The smallest absolute Gasteiger partial charge is 0.198 e. The molecule has 1 aliphatic rings. The van der Waals surface area contributed by atoms with E-state index in [2.05, 4.69) is 66.4 Å². The quantitative estimate of drug-likeness (QED) is 0.585. The first-order valence-corrected chi connectivity index (χ1v) is 7.46. The number of hydrogen-bond acceptors (Lipinski definition) is 0. The molecule has 2 rings (SSSR count). The summed E-state index contributed by atoms with van der Waals surface area (Å²) < 4.78 is 2.46. The Morgan fingerprint density at radius 2 is 2.00 bits per heavy atom. The summed E-state index contributed by atoms with van der Waals surface area (Å²) in [4.78, 5) is 0. The summed E-state index contributed by atoms with van der Waals surface area (Å²) in [5.74, 6) is 0. The highest BCUT2D eigenvalue weighted by molar-refractivity contribution is 9.09. The molecular formula is C15H21BrN+. The minimum absolute atomic E-state index is 0.171. The van der Waals surface area contributed by atoms with E-state index in [0.29, 0.717) is 0 Å². The van der Waals surface area contributed by atoms with Gasteiger partial charge in [-0.25, -0.2) is 0 Å². The zero-order valence-corrected chi connectivity index (χ0v) is 12.8. The fourth-order valence-electron chi connectivity index (χ4n) is 2.90. The first-order valence-electron chi connectivity index (χ1n) is 6.34. The summed E-state index contributed by atoms with van der Waals surface area (Å²) in [6.45, 7) is 10.2. The van der Waals surface area contributed by atoms with Crippen LogP contribution in [-0.4, -0.2) is 22.2 Å². The van der Waals surface area contributed by atoms with Gasteiger partial charge in [-0.3, -0.25) is 0 Å². The van der Waals surface area contributed by atoms with Gasteiger partial charge in [0, 0.05) is 18.6 Å². The Hall–Kier alpha value is -0.630. The van der Waals surface area contributed by atoms with Crippen molar-refractivity contribution in [3.8, 4) is 0 Å². The summed E-state index contributed by atoms with van der Waals surface area (Å²) in [6.07, 6.45) is 1.11. The molecule has 0 fully saturated rings. The predicted molar refractivity (Wildman–Crippen MR) is 78.1 cm³/mol. The molecule has 0 aliphatic carbocycles. The molecule has 1 aromatic rings. The van der Waals surface area contributed by atoms with Crippen molar-refractivity contribution in [2.24, 2.45) is 0 Å². The summed E-state index contributed by atoms with van der Waals surface area (Å²) in [5, 5.41) is 1.01. The second-order valence-corrected chi connectivity index (χ2v) is 6.01. The van der Waals surface area contributed by atoms with Crippen molar-refractivity contribution in [3.05, 3.63) is 29.3 Å². The van der Waals surface area contributed by atoms with Gasteiger partial charge in [-0.05, 0) is 25.8 Å². The Balaban J connectivity index is 2.66. The van der Waals surface area contributed by atoms with Crippen LogP contribution >= 0.6 is 15.9 Å². The third kappa shape index (κ3) is 1.87.